The first-order valence-corrected chi connectivity index (χ1v) is 9.19. The lowest BCUT2D eigenvalue weighted by Crippen LogP contribution is -2.40. The van der Waals surface area contributed by atoms with Crippen molar-refractivity contribution in [2.45, 2.75) is 45.8 Å². The Bertz CT molecular complexity index is 711. The average molecular weight is 364 g/mol. The molecule has 0 aliphatic heterocycles. The Morgan fingerprint density at radius 1 is 1.36 bits per heavy atom. The molecular formula is C18H26ClN5O. The molecule has 1 aliphatic carbocycles. The summed E-state index contributed by atoms with van der Waals surface area (Å²) in [5.74, 6) is 1.84. The van der Waals surface area contributed by atoms with Crippen LogP contribution in [0, 0.1) is 18.8 Å². The van der Waals surface area contributed by atoms with Crippen LogP contribution in [-0.4, -0.2) is 40.0 Å². The minimum atomic E-state index is 0.0787. The molecule has 25 heavy (non-hydrogen) atoms. The SMILES string of the molecule is COC1CC(CNC(c2nnnn2-c2cccc(Cl)c2C)C(C)C)C1. The Kier molecular flexibility index (Phi) is 5.71. The van der Waals surface area contributed by atoms with Gasteiger partial charge in [0.1, 0.15) is 0 Å². The van der Waals surface area contributed by atoms with E-state index in [1.54, 1.807) is 11.8 Å². The molecule has 7 heteroatoms. The number of hydrogen-bond donors (Lipinski definition) is 1. The minimum absolute atomic E-state index is 0.0787. The van der Waals surface area contributed by atoms with Gasteiger partial charge in [0.2, 0.25) is 0 Å². The highest BCUT2D eigenvalue weighted by Gasteiger charge is 2.31. The third-order valence-corrected chi connectivity index (χ3v) is 5.47. The summed E-state index contributed by atoms with van der Waals surface area (Å²) in [5.41, 5.74) is 1.89. The number of nitrogens with zero attached hydrogens (tertiary/aromatic N) is 4. The van der Waals surface area contributed by atoms with E-state index >= 15 is 0 Å². The zero-order valence-electron chi connectivity index (χ0n) is 15.2. The number of ether oxygens (including phenoxy) is 1. The molecule has 1 saturated carbocycles. The number of hydrogen-bond acceptors (Lipinski definition) is 5. The molecule has 1 aromatic heterocycles. The normalized spacial score (nSPS) is 21.4. The van der Waals surface area contributed by atoms with Crippen LogP contribution in [0.5, 0.6) is 0 Å². The third-order valence-electron chi connectivity index (χ3n) is 5.06. The zero-order valence-corrected chi connectivity index (χ0v) is 16.0. The van der Waals surface area contributed by atoms with E-state index in [2.05, 4.69) is 34.7 Å². The van der Waals surface area contributed by atoms with E-state index in [-0.39, 0.29) is 6.04 Å². The topological polar surface area (TPSA) is 64.9 Å². The van der Waals surface area contributed by atoms with Gasteiger partial charge in [-0.1, -0.05) is 31.5 Å². The molecule has 0 bridgehead atoms. The Balaban J connectivity index is 1.79. The van der Waals surface area contributed by atoms with Crippen LogP contribution in [0.2, 0.25) is 5.02 Å². The van der Waals surface area contributed by atoms with Gasteiger partial charge in [0.15, 0.2) is 5.82 Å². The fraction of sp³-hybridized carbons (Fsp3) is 0.611. The van der Waals surface area contributed by atoms with Gasteiger partial charge in [-0.3, -0.25) is 0 Å². The predicted molar refractivity (Wildman–Crippen MR) is 98.0 cm³/mol. The highest BCUT2D eigenvalue weighted by Crippen LogP contribution is 2.31. The van der Waals surface area contributed by atoms with Crippen molar-refractivity contribution in [2.75, 3.05) is 13.7 Å². The van der Waals surface area contributed by atoms with Crippen molar-refractivity contribution >= 4 is 11.6 Å². The number of rotatable bonds is 7. The molecule has 0 spiro atoms. The van der Waals surface area contributed by atoms with Gasteiger partial charge in [0, 0.05) is 12.1 Å². The molecule has 1 heterocycles. The molecule has 1 atom stereocenters. The van der Waals surface area contributed by atoms with Gasteiger partial charge in [-0.25, -0.2) is 0 Å². The van der Waals surface area contributed by atoms with Crippen LogP contribution in [0.1, 0.15) is 44.1 Å². The van der Waals surface area contributed by atoms with Gasteiger partial charge in [0.25, 0.3) is 0 Å². The summed E-state index contributed by atoms with van der Waals surface area (Å²) >= 11 is 6.27. The Morgan fingerprint density at radius 3 is 2.80 bits per heavy atom. The lowest BCUT2D eigenvalue weighted by Gasteiger charge is -2.35. The first-order chi connectivity index (χ1) is 12.0. The molecule has 1 aromatic carbocycles. The Hall–Kier alpha value is -1.50. The monoisotopic (exact) mass is 363 g/mol. The van der Waals surface area contributed by atoms with Gasteiger partial charge in [-0.2, -0.15) is 4.68 Å². The fourth-order valence-corrected chi connectivity index (χ4v) is 3.51. The van der Waals surface area contributed by atoms with Gasteiger partial charge >= 0.3 is 0 Å². The number of benzene rings is 1. The van der Waals surface area contributed by atoms with Gasteiger partial charge in [-0.15, -0.1) is 5.10 Å². The fourth-order valence-electron chi connectivity index (χ4n) is 3.34. The number of halogens is 1. The number of aromatic nitrogens is 4. The number of methoxy groups -OCH3 is 1. The first kappa shape index (κ1) is 18.3. The highest BCUT2D eigenvalue weighted by atomic mass is 35.5. The van der Waals surface area contributed by atoms with Gasteiger partial charge in [-0.05, 0) is 66.3 Å². The van der Waals surface area contributed by atoms with E-state index < -0.39 is 0 Å². The summed E-state index contributed by atoms with van der Waals surface area (Å²) in [4.78, 5) is 0. The highest BCUT2D eigenvalue weighted by molar-refractivity contribution is 6.31. The smallest absolute Gasteiger partial charge is 0.173 e. The van der Waals surface area contributed by atoms with Crippen molar-refractivity contribution in [1.82, 2.24) is 25.5 Å². The Morgan fingerprint density at radius 2 is 2.12 bits per heavy atom. The molecule has 0 saturated heterocycles. The maximum absolute atomic E-state index is 6.27. The second-order valence-electron chi connectivity index (χ2n) is 7.16. The predicted octanol–water partition coefficient (Wildman–Crippen LogP) is 3.34. The summed E-state index contributed by atoms with van der Waals surface area (Å²) in [7, 11) is 1.78. The maximum Gasteiger partial charge on any atom is 0.173 e. The van der Waals surface area contributed by atoms with Crippen LogP contribution in [0.15, 0.2) is 18.2 Å². The van der Waals surface area contributed by atoms with Crippen LogP contribution in [0.3, 0.4) is 0 Å². The summed E-state index contributed by atoms with van der Waals surface area (Å²) < 4.78 is 7.17. The Labute approximate surface area is 153 Å². The zero-order chi connectivity index (χ0) is 18.0. The van der Waals surface area contributed by atoms with Crippen LogP contribution < -0.4 is 5.32 Å². The molecule has 0 radical (unpaired) electrons. The largest absolute Gasteiger partial charge is 0.381 e. The second-order valence-corrected chi connectivity index (χ2v) is 7.57. The molecule has 1 fully saturated rings. The summed E-state index contributed by atoms with van der Waals surface area (Å²) in [6.45, 7) is 7.30. The molecule has 1 unspecified atom stereocenters. The van der Waals surface area contributed by atoms with E-state index in [9.17, 15) is 0 Å². The van der Waals surface area contributed by atoms with Crippen molar-refractivity contribution < 1.29 is 4.74 Å². The van der Waals surface area contributed by atoms with Crippen molar-refractivity contribution in [2.24, 2.45) is 11.8 Å². The quantitative estimate of drug-likeness (QED) is 0.817. The van der Waals surface area contributed by atoms with Crippen LogP contribution in [0.4, 0.5) is 0 Å². The average Bonchev–Trinajstić information content (AvgIpc) is 3.00. The summed E-state index contributed by atoms with van der Waals surface area (Å²) in [6, 6.07) is 5.88. The van der Waals surface area contributed by atoms with Crippen LogP contribution in [0.25, 0.3) is 5.69 Å². The van der Waals surface area contributed by atoms with Crippen molar-refractivity contribution in [3.63, 3.8) is 0 Å². The molecule has 136 valence electrons. The van der Waals surface area contributed by atoms with Crippen molar-refractivity contribution in [3.05, 3.63) is 34.6 Å². The van der Waals surface area contributed by atoms with E-state index in [4.69, 9.17) is 16.3 Å². The second kappa shape index (κ2) is 7.81. The lowest BCUT2D eigenvalue weighted by molar-refractivity contribution is 0.000244. The van der Waals surface area contributed by atoms with Crippen molar-refractivity contribution in [1.29, 1.82) is 0 Å². The molecule has 1 N–H and O–H groups in total. The van der Waals surface area contributed by atoms with E-state index in [1.807, 2.05) is 25.1 Å². The van der Waals surface area contributed by atoms with Crippen molar-refractivity contribution in [3.8, 4) is 5.69 Å². The number of tetrazole rings is 1. The van der Waals surface area contributed by atoms with E-state index in [0.717, 1.165) is 36.5 Å². The van der Waals surface area contributed by atoms with E-state index in [0.29, 0.717) is 23.0 Å². The summed E-state index contributed by atoms with van der Waals surface area (Å²) in [5, 5.41) is 16.8. The van der Waals surface area contributed by atoms with Crippen LogP contribution in [-0.2, 0) is 4.74 Å². The maximum atomic E-state index is 6.27. The third kappa shape index (κ3) is 3.86. The molecule has 2 aromatic rings. The first-order valence-electron chi connectivity index (χ1n) is 8.81. The molecule has 0 amide bonds. The lowest BCUT2D eigenvalue weighted by atomic mass is 9.82. The molecule has 6 nitrogen and oxygen atoms in total. The number of nitrogens with one attached hydrogen (secondary N) is 1. The summed E-state index contributed by atoms with van der Waals surface area (Å²) in [6.07, 6.45) is 2.66. The minimum Gasteiger partial charge on any atom is -0.381 e. The van der Waals surface area contributed by atoms with Gasteiger partial charge < -0.3 is 10.1 Å². The van der Waals surface area contributed by atoms with Crippen LogP contribution >= 0.6 is 11.6 Å². The molecule has 1 aliphatic rings. The molecule has 3 rings (SSSR count). The molecular weight excluding hydrogens is 338 g/mol. The van der Waals surface area contributed by atoms with Gasteiger partial charge in [0.05, 0.1) is 17.8 Å². The standard InChI is InChI=1S/C18H26ClN5O/c1-11(2)17(20-10-13-8-14(9-13)25-4)18-21-22-23-24(18)16-7-5-6-15(19)12(16)3/h5-7,11,13-14,17,20H,8-10H2,1-4H3. The van der Waals surface area contributed by atoms with E-state index in [1.165, 1.54) is 0 Å².